The molecule has 5 rings (SSSR count). The van der Waals surface area contributed by atoms with E-state index >= 15 is 0 Å². The molecule has 0 bridgehead atoms. The van der Waals surface area contributed by atoms with Gasteiger partial charge in [0.25, 0.3) is 0 Å². The number of hydrogen-bond donors (Lipinski definition) is 2. The predicted octanol–water partition coefficient (Wildman–Crippen LogP) is 4.06. The molecule has 38 heavy (non-hydrogen) atoms. The minimum Gasteiger partial charge on any atom is -0.463 e. The third kappa shape index (κ3) is 5.15. The van der Waals surface area contributed by atoms with Gasteiger partial charge in [-0.3, -0.25) is 9.89 Å². The van der Waals surface area contributed by atoms with Crippen molar-refractivity contribution in [3.8, 4) is 17.1 Å². The highest BCUT2D eigenvalue weighted by Crippen LogP contribution is 2.40. The molecule has 0 unspecified atom stereocenters. The molecule has 1 aliphatic rings. The maximum Gasteiger partial charge on any atom is 0.318 e. The third-order valence-corrected chi connectivity index (χ3v) is 7.08. The van der Waals surface area contributed by atoms with Crippen LogP contribution in [0.25, 0.3) is 32.9 Å². The number of ether oxygens (including phenoxy) is 1. The molecule has 1 saturated heterocycles. The molecule has 2 aromatic heterocycles. The van der Waals surface area contributed by atoms with Gasteiger partial charge in [0.2, 0.25) is 5.91 Å². The molecule has 3 heterocycles. The zero-order valence-electron chi connectivity index (χ0n) is 21.4. The molecular formula is C27H30ClN7O3. The molecule has 1 fully saturated rings. The van der Waals surface area contributed by atoms with Crippen molar-refractivity contribution in [1.29, 1.82) is 0 Å². The third-order valence-electron chi connectivity index (χ3n) is 6.77. The topological polar surface area (TPSA) is 111 Å². The summed E-state index contributed by atoms with van der Waals surface area (Å²) in [6.45, 7) is 8.79. The number of hydrogen-bond acceptors (Lipinski definition) is 8. The largest absolute Gasteiger partial charge is 0.463 e. The smallest absolute Gasteiger partial charge is 0.318 e. The zero-order chi connectivity index (χ0) is 26.8. The molecule has 0 radical (unpaired) electrons. The maximum atomic E-state index is 12.1. The number of rotatable bonds is 8. The summed E-state index contributed by atoms with van der Waals surface area (Å²) in [4.78, 5) is 25.5. The Hall–Kier alpha value is -3.73. The fourth-order valence-corrected chi connectivity index (χ4v) is 5.08. The second kappa shape index (κ2) is 10.9. The zero-order valence-corrected chi connectivity index (χ0v) is 22.2. The van der Waals surface area contributed by atoms with E-state index in [2.05, 4.69) is 21.7 Å². The number of nitrogens with zero attached hydrogens (tertiary/aromatic N) is 6. The highest BCUT2D eigenvalue weighted by molar-refractivity contribution is 6.35. The van der Waals surface area contributed by atoms with Gasteiger partial charge >= 0.3 is 6.01 Å². The molecule has 198 valence electrons. The number of carbonyl (C=O) groups is 1. The standard InChI is InChI=1S/C27H30ClN7O3/c1-4-24(36)34-9-11-35(12-10-34)26-19-14-21(28)18(25-17(2)6-7-22-20(25)16-29-32-22)15-23(19)30-27(31-26)38-13-5-8-33(3)37/h4,6-7,14-16,37H,1,5,8-13H2,2-3H3,(H,29,32). The predicted molar refractivity (Wildman–Crippen MR) is 148 cm³/mol. The average molecular weight is 536 g/mol. The Morgan fingerprint density at radius 1 is 1.24 bits per heavy atom. The van der Waals surface area contributed by atoms with E-state index in [0.717, 1.165) is 38.0 Å². The number of aromatic nitrogens is 4. The number of hydroxylamine groups is 2. The van der Waals surface area contributed by atoms with Crippen LogP contribution in [0.3, 0.4) is 0 Å². The first-order valence-corrected chi connectivity index (χ1v) is 12.9. The minimum absolute atomic E-state index is 0.0773. The van der Waals surface area contributed by atoms with Crippen LogP contribution in [0.15, 0.2) is 43.1 Å². The molecule has 2 N–H and O–H groups in total. The molecule has 1 aliphatic heterocycles. The Labute approximate surface area is 225 Å². The van der Waals surface area contributed by atoms with Gasteiger partial charge in [0.1, 0.15) is 5.82 Å². The van der Waals surface area contributed by atoms with Crippen molar-refractivity contribution in [2.24, 2.45) is 0 Å². The molecule has 0 aliphatic carbocycles. The number of piperazine rings is 1. The van der Waals surface area contributed by atoms with E-state index in [1.54, 1.807) is 18.1 Å². The van der Waals surface area contributed by atoms with E-state index in [4.69, 9.17) is 26.3 Å². The number of halogens is 1. The summed E-state index contributed by atoms with van der Waals surface area (Å²) in [7, 11) is 1.59. The first kappa shape index (κ1) is 25.9. The lowest BCUT2D eigenvalue weighted by molar-refractivity contribution is -0.126. The van der Waals surface area contributed by atoms with Crippen LogP contribution >= 0.6 is 11.6 Å². The van der Waals surface area contributed by atoms with Gasteiger partial charge < -0.3 is 19.7 Å². The first-order valence-electron chi connectivity index (χ1n) is 12.5. The van der Waals surface area contributed by atoms with Crippen LogP contribution in [0.4, 0.5) is 5.82 Å². The van der Waals surface area contributed by atoms with E-state index in [1.807, 2.05) is 31.2 Å². The second-order valence-electron chi connectivity index (χ2n) is 9.37. The monoisotopic (exact) mass is 535 g/mol. The first-order chi connectivity index (χ1) is 18.4. The van der Waals surface area contributed by atoms with Crippen LogP contribution in [0, 0.1) is 6.92 Å². The highest BCUT2D eigenvalue weighted by atomic mass is 35.5. The van der Waals surface area contributed by atoms with Gasteiger partial charge in [0.05, 0.1) is 23.8 Å². The van der Waals surface area contributed by atoms with E-state index < -0.39 is 0 Å². The Kier molecular flexibility index (Phi) is 7.46. The van der Waals surface area contributed by atoms with Crippen molar-refractivity contribution in [2.75, 3.05) is 51.3 Å². The second-order valence-corrected chi connectivity index (χ2v) is 9.77. The number of fused-ring (bicyclic) bond motifs is 2. The molecule has 10 nitrogen and oxygen atoms in total. The van der Waals surface area contributed by atoms with Crippen molar-refractivity contribution in [2.45, 2.75) is 13.3 Å². The molecule has 0 spiro atoms. The minimum atomic E-state index is -0.0773. The van der Waals surface area contributed by atoms with Crippen LogP contribution < -0.4 is 9.64 Å². The SMILES string of the molecule is C=CC(=O)N1CCN(c2nc(OCCCN(C)O)nc3cc(-c4c(C)ccc5[nH]ncc45)c(Cl)cc23)CC1. The number of H-pyrrole nitrogens is 1. The van der Waals surface area contributed by atoms with E-state index in [1.165, 1.54) is 6.08 Å². The Morgan fingerprint density at radius 3 is 2.76 bits per heavy atom. The number of aryl methyl sites for hydroxylation is 1. The number of benzene rings is 2. The molecule has 0 atom stereocenters. The summed E-state index contributed by atoms with van der Waals surface area (Å²) in [5, 5.41) is 20.1. The quantitative estimate of drug-likeness (QED) is 0.197. The summed E-state index contributed by atoms with van der Waals surface area (Å²) >= 11 is 6.92. The van der Waals surface area contributed by atoms with Gasteiger partial charge in [-0.05, 0) is 48.7 Å². The van der Waals surface area contributed by atoms with E-state index in [0.29, 0.717) is 62.1 Å². The van der Waals surface area contributed by atoms with Gasteiger partial charge in [-0.15, -0.1) is 0 Å². The Morgan fingerprint density at radius 2 is 2.03 bits per heavy atom. The van der Waals surface area contributed by atoms with Crippen molar-refractivity contribution in [3.05, 3.63) is 53.7 Å². The lowest BCUT2D eigenvalue weighted by Crippen LogP contribution is -2.48. The highest BCUT2D eigenvalue weighted by Gasteiger charge is 2.24. The Bertz CT molecular complexity index is 1500. The van der Waals surface area contributed by atoms with Crippen LogP contribution in [-0.4, -0.2) is 87.6 Å². The number of nitrogens with one attached hydrogen (secondary N) is 1. The lowest BCUT2D eigenvalue weighted by atomic mass is 9.96. The van der Waals surface area contributed by atoms with Crippen molar-refractivity contribution < 1.29 is 14.7 Å². The van der Waals surface area contributed by atoms with E-state index in [9.17, 15) is 10.0 Å². The normalized spacial score (nSPS) is 14.0. The van der Waals surface area contributed by atoms with E-state index in [-0.39, 0.29) is 11.9 Å². The summed E-state index contributed by atoms with van der Waals surface area (Å²) in [6.07, 6.45) is 3.76. The molecule has 11 heteroatoms. The number of anilines is 1. The van der Waals surface area contributed by atoms with Crippen LogP contribution in [-0.2, 0) is 4.79 Å². The fourth-order valence-electron chi connectivity index (χ4n) is 4.82. The van der Waals surface area contributed by atoms with Gasteiger partial charge in [-0.2, -0.15) is 20.1 Å². The number of amides is 1. The maximum absolute atomic E-state index is 12.1. The van der Waals surface area contributed by atoms with Crippen LogP contribution in [0.1, 0.15) is 12.0 Å². The molecule has 0 saturated carbocycles. The van der Waals surface area contributed by atoms with Gasteiger partial charge in [-0.1, -0.05) is 24.2 Å². The number of carbonyl (C=O) groups excluding carboxylic acids is 1. The number of aromatic amines is 1. The molecule has 4 aromatic rings. The summed E-state index contributed by atoms with van der Waals surface area (Å²) in [5.74, 6) is 0.633. The van der Waals surface area contributed by atoms with Gasteiger partial charge in [0, 0.05) is 61.1 Å². The fraction of sp³-hybridized carbons (Fsp3) is 0.333. The molecular weight excluding hydrogens is 506 g/mol. The summed E-state index contributed by atoms with van der Waals surface area (Å²) in [6, 6.07) is 8.18. The summed E-state index contributed by atoms with van der Waals surface area (Å²) in [5.41, 5.74) is 4.54. The van der Waals surface area contributed by atoms with Gasteiger partial charge in [0.15, 0.2) is 0 Å². The average Bonchev–Trinajstić information content (AvgIpc) is 3.39. The van der Waals surface area contributed by atoms with Crippen LogP contribution in [0.2, 0.25) is 5.02 Å². The van der Waals surface area contributed by atoms with Crippen molar-refractivity contribution >= 4 is 45.1 Å². The summed E-state index contributed by atoms with van der Waals surface area (Å²) < 4.78 is 5.92. The van der Waals surface area contributed by atoms with Crippen LogP contribution in [0.5, 0.6) is 6.01 Å². The Balaban J connectivity index is 1.57. The van der Waals surface area contributed by atoms with Crippen molar-refractivity contribution in [3.63, 3.8) is 0 Å². The molecule has 2 aromatic carbocycles. The van der Waals surface area contributed by atoms with Gasteiger partial charge in [-0.25, -0.2) is 0 Å². The molecule has 1 amide bonds. The lowest BCUT2D eigenvalue weighted by Gasteiger charge is -2.35. The van der Waals surface area contributed by atoms with Crippen molar-refractivity contribution in [1.82, 2.24) is 30.1 Å².